The highest BCUT2D eigenvalue weighted by atomic mass is 16.5. The molecular formula is C20H18N6O3. The second kappa shape index (κ2) is 8.63. The number of pyridine rings is 1. The molecule has 2 heterocycles. The molecular weight excluding hydrogens is 372 g/mol. The second-order valence-corrected chi connectivity index (χ2v) is 5.96. The minimum absolute atomic E-state index is 0.0253. The van der Waals surface area contributed by atoms with Gasteiger partial charge in [0.15, 0.2) is 11.5 Å². The molecule has 0 bridgehead atoms. The summed E-state index contributed by atoms with van der Waals surface area (Å²) in [6.45, 7) is 3.21. The van der Waals surface area contributed by atoms with E-state index in [0.717, 1.165) is 0 Å². The molecule has 3 rings (SSSR count). The van der Waals surface area contributed by atoms with Gasteiger partial charge in [0.2, 0.25) is 0 Å². The predicted octanol–water partition coefficient (Wildman–Crippen LogP) is 2.04. The first-order chi connectivity index (χ1) is 14.1. The number of H-pyrrole nitrogens is 1. The Morgan fingerprint density at radius 1 is 1.21 bits per heavy atom. The topological polar surface area (TPSA) is 143 Å². The van der Waals surface area contributed by atoms with Gasteiger partial charge in [0.1, 0.15) is 35.7 Å². The maximum atomic E-state index is 12.1. The van der Waals surface area contributed by atoms with Crippen molar-refractivity contribution in [2.45, 2.75) is 13.5 Å². The Morgan fingerprint density at radius 3 is 2.66 bits per heavy atom. The lowest BCUT2D eigenvalue weighted by molar-refractivity contribution is 0.266. The fourth-order valence-electron chi connectivity index (χ4n) is 2.86. The largest absolute Gasteiger partial charge is 0.490 e. The number of ether oxygens (including phenoxy) is 2. The van der Waals surface area contributed by atoms with Gasteiger partial charge in [-0.25, -0.2) is 4.98 Å². The van der Waals surface area contributed by atoms with Crippen molar-refractivity contribution in [1.29, 1.82) is 10.5 Å². The number of aromatic nitrogens is 3. The van der Waals surface area contributed by atoms with E-state index in [-0.39, 0.29) is 22.5 Å². The van der Waals surface area contributed by atoms with Crippen LogP contribution in [0.1, 0.15) is 18.1 Å². The van der Waals surface area contributed by atoms with E-state index in [1.807, 2.05) is 29.8 Å². The van der Waals surface area contributed by atoms with Gasteiger partial charge in [-0.2, -0.15) is 10.5 Å². The van der Waals surface area contributed by atoms with Crippen LogP contribution in [-0.4, -0.2) is 27.7 Å². The van der Waals surface area contributed by atoms with E-state index in [0.29, 0.717) is 36.8 Å². The van der Waals surface area contributed by atoms with Crippen LogP contribution in [0, 0.1) is 22.7 Å². The van der Waals surface area contributed by atoms with E-state index >= 15 is 0 Å². The Balaban J connectivity index is 2.00. The zero-order valence-electron chi connectivity index (χ0n) is 15.7. The van der Waals surface area contributed by atoms with Gasteiger partial charge >= 0.3 is 0 Å². The predicted molar refractivity (Wildman–Crippen MR) is 105 cm³/mol. The third kappa shape index (κ3) is 4.04. The van der Waals surface area contributed by atoms with Crippen LogP contribution >= 0.6 is 0 Å². The van der Waals surface area contributed by atoms with Gasteiger partial charge in [0, 0.05) is 18.0 Å². The maximum absolute atomic E-state index is 12.1. The molecule has 0 aliphatic rings. The first-order valence-corrected chi connectivity index (χ1v) is 8.80. The molecule has 0 saturated heterocycles. The Bertz CT molecular complexity index is 1150. The SMILES string of the molecule is CCOc1cc(-c2c(C#N)c(N)[nH]c(=O)c2C#N)ccc1OCCn1ccnc1. The first-order valence-electron chi connectivity index (χ1n) is 8.80. The summed E-state index contributed by atoms with van der Waals surface area (Å²) in [5, 5.41) is 18.9. The highest BCUT2D eigenvalue weighted by Gasteiger charge is 2.19. The van der Waals surface area contributed by atoms with Gasteiger partial charge in [-0.05, 0) is 24.6 Å². The van der Waals surface area contributed by atoms with E-state index in [9.17, 15) is 15.3 Å². The van der Waals surface area contributed by atoms with Crippen LogP contribution in [0.4, 0.5) is 5.82 Å². The molecule has 3 aromatic rings. The fourth-order valence-corrected chi connectivity index (χ4v) is 2.86. The van der Waals surface area contributed by atoms with E-state index in [1.165, 1.54) is 0 Å². The number of anilines is 1. The molecule has 0 amide bonds. The zero-order valence-corrected chi connectivity index (χ0v) is 15.7. The van der Waals surface area contributed by atoms with E-state index in [2.05, 4.69) is 9.97 Å². The van der Waals surface area contributed by atoms with Crippen LogP contribution in [0.5, 0.6) is 11.5 Å². The third-order valence-electron chi connectivity index (χ3n) is 4.17. The van der Waals surface area contributed by atoms with Crippen LogP contribution < -0.4 is 20.8 Å². The number of benzene rings is 1. The standard InChI is InChI=1S/C20H18N6O3/c1-2-28-17-9-13(3-4-16(17)29-8-7-26-6-5-24-12-26)18-14(10-21)19(23)25-20(27)15(18)11-22/h3-6,9,12H,2,7-8H2,1H3,(H3,23,25,27). The van der Waals surface area contributed by atoms with Gasteiger partial charge in [-0.3, -0.25) is 4.79 Å². The molecule has 0 fully saturated rings. The molecule has 0 radical (unpaired) electrons. The van der Waals surface area contributed by atoms with Crippen LogP contribution in [0.15, 0.2) is 41.7 Å². The molecule has 0 aliphatic heterocycles. The van der Waals surface area contributed by atoms with Gasteiger partial charge in [0.25, 0.3) is 5.56 Å². The number of rotatable bonds is 7. The molecule has 29 heavy (non-hydrogen) atoms. The summed E-state index contributed by atoms with van der Waals surface area (Å²) >= 11 is 0. The number of nitriles is 2. The number of aromatic amines is 1. The van der Waals surface area contributed by atoms with E-state index in [4.69, 9.17) is 15.2 Å². The van der Waals surface area contributed by atoms with Crippen molar-refractivity contribution in [1.82, 2.24) is 14.5 Å². The summed E-state index contributed by atoms with van der Waals surface area (Å²) in [4.78, 5) is 18.4. The number of hydrogen-bond donors (Lipinski definition) is 2. The van der Waals surface area contributed by atoms with Crippen molar-refractivity contribution in [2.24, 2.45) is 0 Å². The number of nitrogens with one attached hydrogen (secondary N) is 1. The zero-order chi connectivity index (χ0) is 20.8. The summed E-state index contributed by atoms with van der Waals surface area (Å²) in [5.74, 6) is 0.845. The molecule has 9 heteroatoms. The highest BCUT2D eigenvalue weighted by molar-refractivity contribution is 5.81. The summed E-state index contributed by atoms with van der Waals surface area (Å²) < 4.78 is 13.4. The number of nitrogens with two attached hydrogens (primary N) is 1. The van der Waals surface area contributed by atoms with Crippen molar-refractivity contribution >= 4 is 5.82 Å². The minimum Gasteiger partial charge on any atom is -0.490 e. The molecule has 2 aromatic heterocycles. The summed E-state index contributed by atoms with van der Waals surface area (Å²) in [5.41, 5.74) is 5.59. The Labute approximate surface area is 166 Å². The Kier molecular flexibility index (Phi) is 5.81. The Morgan fingerprint density at radius 2 is 2.00 bits per heavy atom. The van der Waals surface area contributed by atoms with E-state index < -0.39 is 5.56 Å². The van der Waals surface area contributed by atoms with Crippen molar-refractivity contribution in [3.8, 4) is 34.8 Å². The molecule has 146 valence electrons. The van der Waals surface area contributed by atoms with Gasteiger partial charge < -0.3 is 24.8 Å². The number of hydrogen-bond acceptors (Lipinski definition) is 7. The van der Waals surface area contributed by atoms with E-state index in [1.54, 1.807) is 30.7 Å². The molecule has 0 spiro atoms. The monoisotopic (exact) mass is 390 g/mol. The van der Waals surface area contributed by atoms with Crippen molar-refractivity contribution in [3.05, 3.63) is 58.4 Å². The van der Waals surface area contributed by atoms with Crippen molar-refractivity contribution < 1.29 is 9.47 Å². The van der Waals surface area contributed by atoms with Crippen molar-refractivity contribution in [3.63, 3.8) is 0 Å². The molecule has 3 N–H and O–H groups in total. The van der Waals surface area contributed by atoms with Gasteiger partial charge in [0.05, 0.1) is 19.5 Å². The summed E-state index contributed by atoms with van der Waals surface area (Å²) in [6, 6.07) is 8.77. The number of nitrogen functional groups attached to an aromatic ring is 1. The first kappa shape index (κ1) is 19.5. The molecule has 0 saturated carbocycles. The lowest BCUT2D eigenvalue weighted by Crippen LogP contribution is -2.16. The lowest BCUT2D eigenvalue weighted by Gasteiger charge is -2.15. The minimum atomic E-state index is -0.655. The average molecular weight is 390 g/mol. The second-order valence-electron chi connectivity index (χ2n) is 5.96. The van der Waals surface area contributed by atoms with Crippen LogP contribution in [0.3, 0.4) is 0 Å². The highest BCUT2D eigenvalue weighted by Crippen LogP contribution is 2.35. The molecule has 9 nitrogen and oxygen atoms in total. The number of nitrogens with zero attached hydrogens (tertiary/aromatic N) is 4. The molecule has 0 unspecified atom stereocenters. The third-order valence-corrected chi connectivity index (χ3v) is 4.17. The van der Waals surface area contributed by atoms with Crippen molar-refractivity contribution in [2.75, 3.05) is 18.9 Å². The fraction of sp³-hybridized carbons (Fsp3) is 0.200. The summed E-state index contributed by atoms with van der Waals surface area (Å²) in [7, 11) is 0. The molecule has 0 aliphatic carbocycles. The molecule has 1 aromatic carbocycles. The van der Waals surface area contributed by atoms with Crippen LogP contribution in [0.2, 0.25) is 0 Å². The average Bonchev–Trinajstić information content (AvgIpc) is 3.22. The quantitative estimate of drug-likeness (QED) is 0.628. The Hall–Kier alpha value is -4.24. The lowest BCUT2D eigenvalue weighted by atomic mass is 9.96. The maximum Gasteiger partial charge on any atom is 0.268 e. The van der Waals surface area contributed by atoms with Crippen LogP contribution in [-0.2, 0) is 6.54 Å². The van der Waals surface area contributed by atoms with Gasteiger partial charge in [-0.1, -0.05) is 6.07 Å². The summed E-state index contributed by atoms with van der Waals surface area (Å²) in [6.07, 6.45) is 5.22. The number of imidazole rings is 1. The van der Waals surface area contributed by atoms with Crippen LogP contribution in [0.25, 0.3) is 11.1 Å². The smallest absolute Gasteiger partial charge is 0.268 e. The normalized spacial score (nSPS) is 10.2. The van der Waals surface area contributed by atoms with Gasteiger partial charge in [-0.15, -0.1) is 0 Å². The molecule has 0 atom stereocenters.